The quantitative estimate of drug-likeness (QED) is 0.784. The Labute approximate surface area is 161 Å². The molecule has 4 rings (SSSR count). The van der Waals surface area contributed by atoms with E-state index >= 15 is 0 Å². The molecule has 1 aromatic carbocycles. The van der Waals surface area contributed by atoms with E-state index in [0.717, 1.165) is 31.8 Å². The van der Waals surface area contributed by atoms with Crippen LogP contribution in [0.4, 0.5) is 16.0 Å². The molecule has 3 N–H and O–H groups in total. The number of hydrogen-bond donors (Lipinski definition) is 2. The van der Waals surface area contributed by atoms with Crippen LogP contribution in [0.5, 0.6) is 5.75 Å². The SMILES string of the molecule is NC1=NS(=O)(=O)Nc2cccc(OC[C@H]3CCCN(c4ncc(F)cn4)C3)c21. The lowest BCUT2D eigenvalue weighted by molar-refractivity contribution is 0.228. The molecular formula is C17H19FN6O3S. The van der Waals surface area contributed by atoms with Crippen LogP contribution in [-0.2, 0) is 10.2 Å². The van der Waals surface area contributed by atoms with Gasteiger partial charge in [-0.05, 0) is 25.0 Å². The van der Waals surface area contributed by atoms with Gasteiger partial charge in [0, 0.05) is 19.0 Å². The van der Waals surface area contributed by atoms with Gasteiger partial charge in [0.15, 0.2) is 11.7 Å². The first kappa shape index (κ1) is 18.4. The topological polar surface area (TPSA) is 123 Å². The first-order valence-corrected chi connectivity index (χ1v) is 10.2. The van der Waals surface area contributed by atoms with E-state index in [2.05, 4.69) is 19.1 Å². The van der Waals surface area contributed by atoms with Gasteiger partial charge in [-0.3, -0.25) is 4.72 Å². The first-order chi connectivity index (χ1) is 13.4. The Hall–Kier alpha value is -2.95. The zero-order valence-electron chi connectivity index (χ0n) is 14.9. The van der Waals surface area contributed by atoms with E-state index in [4.69, 9.17) is 10.5 Å². The molecule has 0 amide bonds. The molecule has 11 heteroatoms. The van der Waals surface area contributed by atoms with Crippen LogP contribution >= 0.6 is 0 Å². The molecule has 1 atom stereocenters. The van der Waals surface area contributed by atoms with Gasteiger partial charge < -0.3 is 15.4 Å². The molecule has 0 radical (unpaired) electrons. The lowest BCUT2D eigenvalue weighted by atomic mass is 9.99. The van der Waals surface area contributed by atoms with Crippen molar-refractivity contribution in [1.29, 1.82) is 0 Å². The summed E-state index contributed by atoms with van der Waals surface area (Å²) < 4.78 is 48.2. The monoisotopic (exact) mass is 406 g/mol. The van der Waals surface area contributed by atoms with Crippen molar-refractivity contribution in [3.63, 3.8) is 0 Å². The van der Waals surface area contributed by atoms with Crippen LogP contribution in [0.15, 0.2) is 35.0 Å². The van der Waals surface area contributed by atoms with Crippen LogP contribution in [0.3, 0.4) is 0 Å². The smallest absolute Gasteiger partial charge is 0.344 e. The number of fused-ring (bicyclic) bond motifs is 1. The molecule has 0 unspecified atom stereocenters. The van der Waals surface area contributed by atoms with Crippen LogP contribution < -0.4 is 20.1 Å². The van der Waals surface area contributed by atoms with Gasteiger partial charge in [0.1, 0.15) is 5.75 Å². The molecule has 0 spiro atoms. The summed E-state index contributed by atoms with van der Waals surface area (Å²) in [7, 11) is -3.83. The Morgan fingerprint density at radius 1 is 1.32 bits per heavy atom. The van der Waals surface area contributed by atoms with Crippen LogP contribution in [0.25, 0.3) is 0 Å². The zero-order valence-corrected chi connectivity index (χ0v) is 15.7. The Morgan fingerprint density at radius 3 is 2.89 bits per heavy atom. The van der Waals surface area contributed by atoms with Crippen molar-refractivity contribution < 1.29 is 17.5 Å². The third-order valence-electron chi connectivity index (χ3n) is 4.62. The zero-order chi connectivity index (χ0) is 19.7. The van der Waals surface area contributed by atoms with Gasteiger partial charge >= 0.3 is 10.2 Å². The fourth-order valence-electron chi connectivity index (χ4n) is 3.40. The van der Waals surface area contributed by atoms with Gasteiger partial charge in [-0.1, -0.05) is 6.07 Å². The maximum absolute atomic E-state index is 13.0. The molecule has 28 heavy (non-hydrogen) atoms. The molecule has 0 bridgehead atoms. The van der Waals surface area contributed by atoms with Gasteiger partial charge in [0.2, 0.25) is 5.95 Å². The number of hydrogen-bond acceptors (Lipinski definition) is 7. The van der Waals surface area contributed by atoms with Gasteiger partial charge in [-0.2, -0.15) is 8.42 Å². The maximum atomic E-state index is 13.0. The number of aromatic nitrogens is 2. The summed E-state index contributed by atoms with van der Waals surface area (Å²) >= 11 is 0. The van der Waals surface area contributed by atoms with Crippen molar-refractivity contribution in [3.05, 3.63) is 42.0 Å². The minimum Gasteiger partial charge on any atom is -0.492 e. The number of nitrogens with zero attached hydrogens (tertiary/aromatic N) is 4. The Morgan fingerprint density at radius 2 is 2.11 bits per heavy atom. The summed E-state index contributed by atoms with van der Waals surface area (Å²) in [4.78, 5) is 10.1. The molecule has 0 aliphatic carbocycles. The minimum atomic E-state index is -3.83. The van der Waals surface area contributed by atoms with E-state index in [1.807, 2.05) is 4.90 Å². The van der Waals surface area contributed by atoms with Crippen LogP contribution in [0.2, 0.25) is 0 Å². The van der Waals surface area contributed by atoms with Crippen LogP contribution in [0, 0.1) is 11.7 Å². The summed E-state index contributed by atoms with van der Waals surface area (Å²) in [5.41, 5.74) is 6.62. The van der Waals surface area contributed by atoms with Gasteiger partial charge in [-0.25, -0.2) is 14.4 Å². The lowest BCUT2D eigenvalue weighted by Crippen LogP contribution is -2.38. The van der Waals surface area contributed by atoms with Crippen molar-refractivity contribution in [2.45, 2.75) is 12.8 Å². The molecule has 1 fully saturated rings. The van der Waals surface area contributed by atoms with Crippen molar-refractivity contribution in [3.8, 4) is 5.75 Å². The second-order valence-corrected chi connectivity index (χ2v) is 8.04. The lowest BCUT2D eigenvalue weighted by Gasteiger charge is -2.32. The van der Waals surface area contributed by atoms with Crippen LogP contribution in [-0.4, -0.2) is 43.9 Å². The molecule has 2 aromatic rings. The number of nitrogens with one attached hydrogen (secondary N) is 1. The standard InChI is InChI=1S/C17H19FN6O3S/c18-12-7-20-17(21-8-12)24-6-2-3-11(9-24)10-27-14-5-1-4-13-15(14)16(19)23-28(25,26)22-13/h1,4-5,7-8,11,22H,2-3,6,9-10H2,(H2,19,23)/t11-/m0/s1. The van der Waals surface area contributed by atoms with Crippen molar-refractivity contribution in [2.24, 2.45) is 16.0 Å². The second kappa shape index (κ2) is 7.23. The first-order valence-electron chi connectivity index (χ1n) is 8.78. The van der Waals surface area contributed by atoms with E-state index in [9.17, 15) is 12.8 Å². The normalized spacial score (nSPS) is 20.7. The number of anilines is 2. The Kier molecular flexibility index (Phi) is 4.75. The largest absolute Gasteiger partial charge is 0.492 e. The highest BCUT2D eigenvalue weighted by atomic mass is 32.2. The summed E-state index contributed by atoms with van der Waals surface area (Å²) in [5, 5.41) is 0. The average Bonchev–Trinajstić information content (AvgIpc) is 2.66. The third kappa shape index (κ3) is 3.84. The molecule has 0 saturated carbocycles. The summed E-state index contributed by atoms with van der Waals surface area (Å²) in [6, 6.07) is 5.02. The Bertz CT molecular complexity index is 1010. The highest BCUT2D eigenvalue weighted by molar-refractivity contribution is 7.91. The average molecular weight is 406 g/mol. The fraction of sp³-hybridized carbons (Fsp3) is 0.353. The number of halogens is 1. The predicted octanol–water partition coefficient (Wildman–Crippen LogP) is 1.29. The molecular weight excluding hydrogens is 387 g/mol. The van der Waals surface area contributed by atoms with E-state index in [0.29, 0.717) is 36.1 Å². The van der Waals surface area contributed by atoms with Gasteiger partial charge in [0.25, 0.3) is 0 Å². The summed E-state index contributed by atoms with van der Waals surface area (Å²) in [6.07, 6.45) is 4.21. The number of nitrogens with two attached hydrogens (primary N) is 1. The molecule has 2 aliphatic rings. The van der Waals surface area contributed by atoms with Gasteiger partial charge in [0.05, 0.1) is 30.3 Å². The minimum absolute atomic E-state index is 0.102. The predicted molar refractivity (Wildman–Crippen MR) is 102 cm³/mol. The fourth-order valence-corrected chi connectivity index (χ4v) is 4.24. The van der Waals surface area contributed by atoms with E-state index in [1.165, 1.54) is 0 Å². The van der Waals surface area contributed by atoms with E-state index in [1.54, 1.807) is 18.2 Å². The van der Waals surface area contributed by atoms with E-state index < -0.39 is 16.0 Å². The molecule has 2 aliphatic heterocycles. The number of rotatable bonds is 4. The second-order valence-electron chi connectivity index (χ2n) is 6.70. The molecule has 3 heterocycles. The Balaban J connectivity index is 1.46. The van der Waals surface area contributed by atoms with Crippen molar-refractivity contribution >= 4 is 27.7 Å². The molecule has 1 aromatic heterocycles. The number of amidine groups is 1. The van der Waals surface area contributed by atoms with E-state index in [-0.39, 0.29) is 11.8 Å². The number of piperidine rings is 1. The molecule has 1 saturated heterocycles. The number of benzene rings is 1. The highest BCUT2D eigenvalue weighted by Crippen LogP contribution is 2.31. The molecule has 9 nitrogen and oxygen atoms in total. The number of ether oxygens (including phenoxy) is 1. The summed E-state index contributed by atoms with van der Waals surface area (Å²) in [5.74, 6) is 0.598. The molecule has 148 valence electrons. The maximum Gasteiger partial charge on any atom is 0.344 e. The third-order valence-corrected chi connectivity index (χ3v) is 5.54. The summed E-state index contributed by atoms with van der Waals surface area (Å²) in [6.45, 7) is 1.88. The van der Waals surface area contributed by atoms with Crippen molar-refractivity contribution in [2.75, 3.05) is 29.3 Å². The van der Waals surface area contributed by atoms with Gasteiger partial charge in [-0.15, -0.1) is 4.40 Å². The highest BCUT2D eigenvalue weighted by Gasteiger charge is 2.26. The van der Waals surface area contributed by atoms with Crippen molar-refractivity contribution in [1.82, 2.24) is 9.97 Å². The van der Waals surface area contributed by atoms with Crippen LogP contribution in [0.1, 0.15) is 18.4 Å².